The van der Waals surface area contributed by atoms with Gasteiger partial charge in [0.2, 0.25) is 0 Å². The van der Waals surface area contributed by atoms with Crippen LogP contribution in [0.3, 0.4) is 0 Å². The molecule has 6 nitrogen and oxygen atoms in total. The Balaban J connectivity index is 1.83. The van der Waals surface area contributed by atoms with Gasteiger partial charge in [-0.3, -0.25) is 10.1 Å². The number of aromatic nitrogens is 2. The van der Waals surface area contributed by atoms with Crippen molar-refractivity contribution in [3.8, 4) is 0 Å². The second-order valence-corrected chi connectivity index (χ2v) is 5.16. The smallest absolute Gasteiger partial charge is 0.261 e. The van der Waals surface area contributed by atoms with E-state index < -0.39 is 0 Å². The Morgan fingerprint density at radius 2 is 2.15 bits per heavy atom. The van der Waals surface area contributed by atoms with Gasteiger partial charge in [0, 0.05) is 30.9 Å². The summed E-state index contributed by atoms with van der Waals surface area (Å²) in [5.41, 5.74) is 0.560. The number of nitrogens with zero attached hydrogens (tertiary/aromatic N) is 3. The van der Waals surface area contributed by atoms with Crippen LogP contribution in [0.15, 0.2) is 29.9 Å². The van der Waals surface area contributed by atoms with E-state index in [1.54, 1.807) is 24.5 Å². The zero-order valence-corrected chi connectivity index (χ0v) is 11.6. The van der Waals surface area contributed by atoms with Gasteiger partial charge < -0.3 is 9.64 Å². The number of carbonyl (C=O) groups is 1. The van der Waals surface area contributed by atoms with Crippen LogP contribution in [0.2, 0.25) is 0 Å². The average molecular weight is 290 g/mol. The molecular weight excluding hydrogens is 276 g/mol. The number of hydrogen-bond donors (Lipinski definition) is 1. The van der Waals surface area contributed by atoms with Crippen molar-refractivity contribution in [1.82, 2.24) is 9.97 Å². The van der Waals surface area contributed by atoms with Gasteiger partial charge in [-0.2, -0.15) is 0 Å². The van der Waals surface area contributed by atoms with Gasteiger partial charge in [0.05, 0.1) is 18.8 Å². The molecule has 0 atom stereocenters. The molecule has 0 radical (unpaired) electrons. The van der Waals surface area contributed by atoms with E-state index in [4.69, 9.17) is 4.74 Å². The van der Waals surface area contributed by atoms with Crippen LogP contribution in [-0.4, -0.2) is 42.2 Å². The van der Waals surface area contributed by atoms with E-state index in [1.807, 2.05) is 5.38 Å². The first-order chi connectivity index (χ1) is 9.84. The molecule has 1 fully saturated rings. The van der Waals surface area contributed by atoms with Crippen LogP contribution in [0.25, 0.3) is 0 Å². The zero-order valence-electron chi connectivity index (χ0n) is 10.8. The molecule has 0 aromatic carbocycles. The van der Waals surface area contributed by atoms with Gasteiger partial charge in [0.25, 0.3) is 5.91 Å². The van der Waals surface area contributed by atoms with E-state index in [0.717, 1.165) is 13.1 Å². The molecule has 2 aromatic heterocycles. The maximum atomic E-state index is 12.3. The molecule has 1 aliphatic rings. The van der Waals surface area contributed by atoms with Gasteiger partial charge in [0.1, 0.15) is 5.82 Å². The average Bonchev–Trinajstić information content (AvgIpc) is 3.01. The highest BCUT2D eigenvalue weighted by Gasteiger charge is 2.20. The van der Waals surface area contributed by atoms with Crippen molar-refractivity contribution in [1.29, 1.82) is 0 Å². The van der Waals surface area contributed by atoms with Gasteiger partial charge in [-0.15, -0.1) is 11.3 Å². The summed E-state index contributed by atoms with van der Waals surface area (Å²) in [4.78, 5) is 22.8. The second-order valence-electron chi connectivity index (χ2n) is 4.27. The fraction of sp³-hybridized carbons (Fsp3) is 0.308. The monoisotopic (exact) mass is 290 g/mol. The summed E-state index contributed by atoms with van der Waals surface area (Å²) in [6.07, 6.45) is 3.36. The molecule has 1 amide bonds. The highest BCUT2D eigenvalue weighted by atomic mass is 32.1. The quantitative estimate of drug-likeness (QED) is 0.930. The molecule has 0 unspecified atom stereocenters. The van der Waals surface area contributed by atoms with Gasteiger partial charge in [0.15, 0.2) is 5.13 Å². The molecular formula is C13H14N4O2S. The third-order valence-electron chi connectivity index (χ3n) is 2.99. The van der Waals surface area contributed by atoms with Crippen molar-refractivity contribution in [3.63, 3.8) is 0 Å². The number of amides is 1. The highest BCUT2D eigenvalue weighted by molar-refractivity contribution is 7.13. The van der Waals surface area contributed by atoms with Crippen LogP contribution in [0.5, 0.6) is 0 Å². The molecule has 7 heteroatoms. The molecule has 0 aliphatic carbocycles. The predicted molar refractivity (Wildman–Crippen MR) is 77.3 cm³/mol. The lowest BCUT2D eigenvalue weighted by atomic mass is 10.2. The van der Waals surface area contributed by atoms with Crippen LogP contribution in [0.1, 0.15) is 10.4 Å². The summed E-state index contributed by atoms with van der Waals surface area (Å²) in [5, 5.41) is 5.20. The Kier molecular flexibility index (Phi) is 3.89. The largest absolute Gasteiger partial charge is 0.378 e. The number of carbonyl (C=O) groups excluding carboxylic acids is 1. The summed E-state index contributed by atoms with van der Waals surface area (Å²) in [7, 11) is 0. The standard InChI is InChI=1S/C13H14N4O2S/c18-12(16-13-15-4-9-20-13)10-2-1-3-14-11(10)17-5-7-19-8-6-17/h1-4,9H,5-8H2,(H,15,16,18). The van der Waals surface area contributed by atoms with Crippen molar-refractivity contribution in [2.45, 2.75) is 0 Å². The summed E-state index contributed by atoms with van der Waals surface area (Å²) in [6.45, 7) is 2.80. The molecule has 20 heavy (non-hydrogen) atoms. The van der Waals surface area contributed by atoms with E-state index in [1.165, 1.54) is 11.3 Å². The summed E-state index contributed by atoms with van der Waals surface area (Å²) in [5.74, 6) is 0.513. The van der Waals surface area contributed by atoms with E-state index in [9.17, 15) is 4.79 Å². The summed E-state index contributed by atoms with van der Waals surface area (Å²) < 4.78 is 5.33. The van der Waals surface area contributed by atoms with Crippen LogP contribution in [-0.2, 0) is 4.74 Å². The lowest BCUT2D eigenvalue weighted by molar-refractivity contribution is 0.102. The van der Waals surface area contributed by atoms with Crippen molar-refractivity contribution >= 4 is 28.2 Å². The van der Waals surface area contributed by atoms with Crippen LogP contribution in [0, 0.1) is 0 Å². The van der Waals surface area contributed by atoms with E-state index in [2.05, 4.69) is 20.2 Å². The predicted octanol–water partition coefficient (Wildman–Crippen LogP) is 1.63. The van der Waals surface area contributed by atoms with Crippen LogP contribution in [0.4, 0.5) is 10.9 Å². The minimum absolute atomic E-state index is 0.186. The molecule has 104 valence electrons. The third-order valence-corrected chi connectivity index (χ3v) is 3.68. The van der Waals surface area contributed by atoms with E-state index in [-0.39, 0.29) is 5.91 Å². The van der Waals surface area contributed by atoms with Gasteiger partial charge in [-0.1, -0.05) is 0 Å². The van der Waals surface area contributed by atoms with Crippen molar-refractivity contribution in [2.75, 3.05) is 36.5 Å². The lowest BCUT2D eigenvalue weighted by Gasteiger charge is -2.29. The van der Waals surface area contributed by atoms with Gasteiger partial charge in [-0.25, -0.2) is 9.97 Å². The Morgan fingerprint density at radius 1 is 1.30 bits per heavy atom. The third kappa shape index (κ3) is 2.78. The van der Waals surface area contributed by atoms with Crippen LogP contribution >= 0.6 is 11.3 Å². The Bertz CT molecular complexity index is 582. The van der Waals surface area contributed by atoms with E-state index in [0.29, 0.717) is 29.7 Å². The molecule has 2 aromatic rings. The van der Waals surface area contributed by atoms with Crippen molar-refractivity contribution < 1.29 is 9.53 Å². The van der Waals surface area contributed by atoms with E-state index >= 15 is 0 Å². The van der Waals surface area contributed by atoms with Crippen molar-refractivity contribution in [2.24, 2.45) is 0 Å². The first kappa shape index (κ1) is 13.0. The number of ether oxygens (including phenoxy) is 1. The molecule has 0 saturated carbocycles. The second kappa shape index (κ2) is 5.98. The molecule has 1 N–H and O–H groups in total. The molecule has 1 saturated heterocycles. The fourth-order valence-corrected chi connectivity index (χ4v) is 2.57. The van der Waals surface area contributed by atoms with Gasteiger partial charge in [-0.05, 0) is 12.1 Å². The molecule has 0 spiro atoms. The molecule has 0 bridgehead atoms. The number of nitrogens with one attached hydrogen (secondary N) is 1. The summed E-state index contributed by atoms with van der Waals surface area (Å²) in [6, 6.07) is 3.54. The number of pyridine rings is 1. The number of thiazole rings is 1. The number of rotatable bonds is 3. The summed E-state index contributed by atoms with van der Waals surface area (Å²) >= 11 is 1.39. The normalized spacial score (nSPS) is 15.1. The first-order valence-electron chi connectivity index (χ1n) is 6.33. The Labute approximate surface area is 120 Å². The first-order valence-corrected chi connectivity index (χ1v) is 7.21. The van der Waals surface area contributed by atoms with Crippen LogP contribution < -0.4 is 10.2 Å². The number of anilines is 2. The topological polar surface area (TPSA) is 67.4 Å². The highest BCUT2D eigenvalue weighted by Crippen LogP contribution is 2.20. The zero-order chi connectivity index (χ0) is 13.8. The number of hydrogen-bond acceptors (Lipinski definition) is 6. The minimum atomic E-state index is -0.186. The molecule has 3 rings (SSSR count). The maximum Gasteiger partial charge on any atom is 0.261 e. The number of morpholine rings is 1. The molecule has 3 heterocycles. The minimum Gasteiger partial charge on any atom is -0.378 e. The SMILES string of the molecule is O=C(Nc1nccs1)c1cccnc1N1CCOCC1. The Morgan fingerprint density at radius 3 is 2.90 bits per heavy atom. The lowest BCUT2D eigenvalue weighted by Crippen LogP contribution is -2.38. The molecule has 1 aliphatic heterocycles. The Hall–Kier alpha value is -1.99. The fourth-order valence-electron chi connectivity index (χ4n) is 2.05. The maximum absolute atomic E-state index is 12.3. The van der Waals surface area contributed by atoms with Crippen molar-refractivity contribution in [3.05, 3.63) is 35.5 Å². The van der Waals surface area contributed by atoms with Gasteiger partial charge >= 0.3 is 0 Å².